The van der Waals surface area contributed by atoms with Crippen molar-refractivity contribution in [1.29, 1.82) is 0 Å². The number of fused-ring (bicyclic) bond motifs is 1. The number of para-hydroxylation sites is 1. The lowest BCUT2D eigenvalue weighted by atomic mass is 10.1. The molecule has 1 aliphatic heterocycles. The summed E-state index contributed by atoms with van der Waals surface area (Å²) in [4.78, 5) is 7.48. The lowest BCUT2D eigenvalue weighted by molar-refractivity contribution is 0.479. The molecule has 1 aromatic carbocycles. The molecule has 1 saturated heterocycles. The van der Waals surface area contributed by atoms with Crippen molar-refractivity contribution in [3.8, 4) is 0 Å². The number of benzene rings is 1. The summed E-state index contributed by atoms with van der Waals surface area (Å²) >= 11 is 0. The molecule has 1 fully saturated rings. The largest absolute Gasteiger partial charge is 0.380 e. The van der Waals surface area contributed by atoms with Crippen LogP contribution in [-0.2, 0) is 0 Å². The van der Waals surface area contributed by atoms with E-state index in [2.05, 4.69) is 38.8 Å². The van der Waals surface area contributed by atoms with Gasteiger partial charge in [-0.05, 0) is 38.1 Å². The number of piperidine rings is 1. The molecule has 2 heterocycles. The number of hydrogen-bond acceptors (Lipinski definition) is 3. The average Bonchev–Trinajstić information content (AvgIpc) is 2.80. The normalized spacial score (nSPS) is 16.7. The molecule has 0 spiro atoms. The summed E-state index contributed by atoms with van der Waals surface area (Å²) in [5.74, 6) is 0. The second-order valence-corrected chi connectivity index (χ2v) is 4.27. The van der Waals surface area contributed by atoms with Gasteiger partial charge in [-0.15, -0.1) is 12.4 Å². The third-order valence-corrected chi connectivity index (χ3v) is 3.15. The Hall–Kier alpha value is -1.26. The molecule has 2 aromatic rings. The van der Waals surface area contributed by atoms with Crippen molar-refractivity contribution >= 4 is 29.1 Å². The lowest BCUT2D eigenvalue weighted by Crippen LogP contribution is -2.35. The predicted molar refractivity (Wildman–Crippen MR) is 72.9 cm³/mol. The average molecular weight is 253 g/mol. The van der Waals surface area contributed by atoms with Gasteiger partial charge in [-0.1, -0.05) is 6.07 Å². The van der Waals surface area contributed by atoms with E-state index in [9.17, 15) is 0 Å². The smallest absolute Gasteiger partial charge is 0.111 e. The van der Waals surface area contributed by atoms with Crippen molar-refractivity contribution in [3.05, 3.63) is 24.5 Å². The Kier molecular flexibility index (Phi) is 3.86. The minimum atomic E-state index is 0. The van der Waals surface area contributed by atoms with Crippen molar-refractivity contribution < 1.29 is 0 Å². The number of aromatic amines is 1. The van der Waals surface area contributed by atoms with Crippen molar-refractivity contribution in [2.45, 2.75) is 18.9 Å². The number of rotatable bonds is 2. The number of aromatic nitrogens is 2. The summed E-state index contributed by atoms with van der Waals surface area (Å²) in [6, 6.07) is 6.79. The lowest BCUT2D eigenvalue weighted by Gasteiger charge is -2.24. The van der Waals surface area contributed by atoms with Crippen LogP contribution in [0.3, 0.4) is 0 Å². The first kappa shape index (κ1) is 12.2. The second-order valence-electron chi connectivity index (χ2n) is 4.27. The van der Waals surface area contributed by atoms with Gasteiger partial charge in [0, 0.05) is 6.04 Å². The van der Waals surface area contributed by atoms with E-state index in [-0.39, 0.29) is 12.4 Å². The maximum Gasteiger partial charge on any atom is 0.111 e. The van der Waals surface area contributed by atoms with Crippen molar-refractivity contribution in [2.24, 2.45) is 0 Å². The van der Waals surface area contributed by atoms with E-state index >= 15 is 0 Å². The van der Waals surface area contributed by atoms with Gasteiger partial charge in [-0.25, -0.2) is 4.98 Å². The minimum Gasteiger partial charge on any atom is -0.380 e. The van der Waals surface area contributed by atoms with Crippen LogP contribution in [0.4, 0.5) is 5.69 Å². The van der Waals surface area contributed by atoms with Crippen LogP contribution < -0.4 is 10.6 Å². The van der Waals surface area contributed by atoms with Gasteiger partial charge in [0.1, 0.15) is 5.52 Å². The quantitative estimate of drug-likeness (QED) is 0.768. The molecule has 0 bridgehead atoms. The molecule has 0 amide bonds. The van der Waals surface area contributed by atoms with Crippen LogP contribution in [0, 0.1) is 0 Å². The predicted octanol–water partition coefficient (Wildman–Crippen LogP) is 2.15. The molecule has 92 valence electrons. The Bertz CT molecular complexity index is 476. The Morgan fingerprint density at radius 1 is 1.24 bits per heavy atom. The Morgan fingerprint density at radius 3 is 2.88 bits per heavy atom. The Balaban J connectivity index is 0.00000108. The zero-order valence-corrected chi connectivity index (χ0v) is 10.4. The molecule has 0 saturated carbocycles. The Labute approximate surface area is 107 Å². The molecule has 3 N–H and O–H groups in total. The van der Waals surface area contributed by atoms with E-state index in [0.717, 1.165) is 29.8 Å². The molecule has 0 unspecified atom stereocenters. The molecule has 1 aliphatic rings. The van der Waals surface area contributed by atoms with E-state index in [1.807, 2.05) is 0 Å². The van der Waals surface area contributed by atoms with Gasteiger partial charge >= 0.3 is 0 Å². The summed E-state index contributed by atoms with van der Waals surface area (Å²) in [5.41, 5.74) is 3.28. The topological polar surface area (TPSA) is 52.7 Å². The highest BCUT2D eigenvalue weighted by atomic mass is 35.5. The number of anilines is 1. The molecule has 17 heavy (non-hydrogen) atoms. The SMILES string of the molecule is Cl.c1cc(NC2CCNCC2)c2nc[nH]c2c1. The van der Waals surface area contributed by atoms with Gasteiger partial charge in [-0.3, -0.25) is 0 Å². The van der Waals surface area contributed by atoms with E-state index < -0.39 is 0 Å². The standard InChI is InChI=1S/C12H16N4.ClH/c1-2-10-12(15-8-14-10)11(3-1)16-9-4-6-13-7-5-9;/h1-3,8-9,13,16H,4-7H2,(H,14,15);1H. The first-order chi connectivity index (χ1) is 7.93. The second kappa shape index (κ2) is 5.38. The number of H-pyrrole nitrogens is 1. The van der Waals surface area contributed by atoms with Crippen LogP contribution in [0.25, 0.3) is 11.0 Å². The molecule has 0 atom stereocenters. The monoisotopic (exact) mass is 252 g/mol. The third kappa shape index (κ3) is 2.53. The first-order valence-electron chi connectivity index (χ1n) is 5.83. The maximum absolute atomic E-state index is 4.35. The first-order valence-corrected chi connectivity index (χ1v) is 5.83. The number of halogens is 1. The Morgan fingerprint density at radius 2 is 2.06 bits per heavy atom. The van der Waals surface area contributed by atoms with E-state index in [0.29, 0.717) is 6.04 Å². The number of nitrogens with zero attached hydrogens (tertiary/aromatic N) is 1. The molecule has 5 heteroatoms. The zero-order valence-electron chi connectivity index (χ0n) is 9.57. The summed E-state index contributed by atoms with van der Waals surface area (Å²) in [7, 11) is 0. The number of imidazole rings is 1. The highest BCUT2D eigenvalue weighted by molar-refractivity contribution is 5.87. The minimum absolute atomic E-state index is 0. The molecule has 3 rings (SSSR count). The van der Waals surface area contributed by atoms with Crippen molar-refractivity contribution in [2.75, 3.05) is 18.4 Å². The van der Waals surface area contributed by atoms with Crippen LogP contribution in [-0.4, -0.2) is 29.1 Å². The molecular weight excluding hydrogens is 236 g/mol. The molecule has 0 aliphatic carbocycles. The molecule has 0 radical (unpaired) electrons. The van der Waals surface area contributed by atoms with Gasteiger partial charge in [0.2, 0.25) is 0 Å². The van der Waals surface area contributed by atoms with Crippen LogP contribution in [0.15, 0.2) is 24.5 Å². The van der Waals surface area contributed by atoms with Gasteiger partial charge < -0.3 is 15.6 Å². The fourth-order valence-electron chi connectivity index (χ4n) is 2.27. The van der Waals surface area contributed by atoms with Crippen molar-refractivity contribution in [3.63, 3.8) is 0 Å². The summed E-state index contributed by atoms with van der Waals surface area (Å²) in [6.07, 6.45) is 4.11. The van der Waals surface area contributed by atoms with Gasteiger partial charge in [0.25, 0.3) is 0 Å². The molecular formula is C12H17ClN4. The van der Waals surface area contributed by atoms with Crippen LogP contribution in [0.5, 0.6) is 0 Å². The fourth-order valence-corrected chi connectivity index (χ4v) is 2.27. The fraction of sp³-hybridized carbons (Fsp3) is 0.417. The highest BCUT2D eigenvalue weighted by Crippen LogP contribution is 2.21. The summed E-state index contributed by atoms with van der Waals surface area (Å²) < 4.78 is 0. The van der Waals surface area contributed by atoms with Gasteiger partial charge in [0.15, 0.2) is 0 Å². The zero-order chi connectivity index (χ0) is 10.8. The number of hydrogen-bond donors (Lipinski definition) is 3. The van der Waals surface area contributed by atoms with Crippen LogP contribution >= 0.6 is 12.4 Å². The number of nitrogens with one attached hydrogen (secondary N) is 3. The van der Waals surface area contributed by atoms with Gasteiger partial charge in [0.05, 0.1) is 17.5 Å². The highest BCUT2D eigenvalue weighted by Gasteiger charge is 2.13. The summed E-state index contributed by atoms with van der Waals surface area (Å²) in [5, 5.41) is 6.96. The molecule has 1 aromatic heterocycles. The van der Waals surface area contributed by atoms with Crippen LogP contribution in [0.1, 0.15) is 12.8 Å². The van der Waals surface area contributed by atoms with Crippen molar-refractivity contribution in [1.82, 2.24) is 15.3 Å². The van der Waals surface area contributed by atoms with E-state index in [4.69, 9.17) is 0 Å². The van der Waals surface area contributed by atoms with Crippen LogP contribution in [0.2, 0.25) is 0 Å². The summed E-state index contributed by atoms with van der Waals surface area (Å²) in [6.45, 7) is 2.21. The molecule has 4 nitrogen and oxygen atoms in total. The van der Waals surface area contributed by atoms with Gasteiger partial charge in [-0.2, -0.15) is 0 Å². The maximum atomic E-state index is 4.35. The van der Waals surface area contributed by atoms with E-state index in [1.165, 1.54) is 12.8 Å². The third-order valence-electron chi connectivity index (χ3n) is 3.15. The van der Waals surface area contributed by atoms with E-state index in [1.54, 1.807) is 6.33 Å².